The molecule has 3 N–H and O–H groups in total. The average Bonchev–Trinajstić information content (AvgIpc) is 3.21. The van der Waals surface area contributed by atoms with Crippen LogP contribution in [0.5, 0.6) is 0 Å². The number of furan rings is 1. The van der Waals surface area contributed by atoms with Crippen LogP contribution in [0.3, 0.4) is 0 Å². The molecule has 0 radical (unpaired) electrons. The molecule has 0 aliphatic heterocycles. The van der Waals surface area contributed by atoms with Gasteiger partial charge in [0.2, 0.25) is 0 Å². The highest BCUT2D eigenvalue weighted by molar-refractivity contribution is 7.92. The summed E-state index contributed by atoms with van der Waals surface area (Å²) < 4.78 is 32.6. The van der Waals surface area contributed by atoms with E-state index < -0.39 is 22.0 Å². The molecule has 3 rings (SSSR count). The van der Waals surface area contributed by atoms with Crippen molar-refractivity contribution in [3.8, 4) is 0 Å². The lowest BCUT2D eigenvalue weighted by molar-refractivity contribution is 0.0902. The van der Waals surface area contributed by atoms with E-state index in [-0.39, 0.29) is 22.7 Å². The second-order valence-corrected chi connectivity index (χ2v) is 7.97. The number of benzene rings is 2. The summed E-state index contributed by atoms with van der Waals surface area (Å²) in [6.45, 7) is -0.0926. The van der Waals surface area contributed by atoms with Gasteiger partial charge in [-0.15, -0.1) is 0 Å². The van der Waals surface area contributed by atoms with Crippen molar-refractivity contribution < 1.29 is 22.7 Å². The van der Waals surface area contributed by atoms with Crippen LogP contribution in [-0.2, 0) is 10.0 Å². The molecule has 3 aromatic rings. The highest BCUT2D eigenvalue weighted by Crippen LogP contribution is 2.21. The number of hydrogen-bond acceptors (Lipinski definition) is 5. The Kier molecular flexibility index (Phi) is 6.03. The number of amides is 1. The zero-order valence-corrected chi connectivity index (χ0v) is 16.1. The first-order valence-electron chi connectivity index (χ1n) is 8.24. The number of rotatable bonds is 7. The van der Waals surface area contributed by atoms with Crippen molar-refractivity contribution in [2.45, 2.75) is 11.0 Å². The molecule has 1 heterocycles. The van der Waals surface area contributed by atoms with Crippen molar-refractivity contribution in [3.05, 3.63) is 83.3 Å². The summed E-state index contributed by atoms with van der Waals surface area (Å²) in [5, 5.41) is 13.0. The van der Waals surface area contributed by atoms with Crippen molar-refractivity contribution in [3.63, 3.8) is 0 Å². The third-order valence-corrected chi connectivity index (χ3v) is 5.50. The highest BCUT2D eigenvalue weighted by Gasteiger charge is 2.19. The van der Waals surface area contributed by atoms with Crippen LogP contribution in [-0.4, -0.2) is 26.0 Å². The van der Waals surface area contributed by atoms with Crippen LogP contribution in [0.2, 0.25) is 5.02 Å². The molecule has 0 aliphatic rings. The van der Waals surface area contributed by atoms with E-state index in [1.807, 2.05) is 0 Å². The zero-order valence-electron chi connectivity index (χ0n) is 14.5. The minimum absolute atomic E-state index is 0.0142. The summed E-state index contributed by atoms with van der Waals surface area (Å²) in [6, 6.07) is 15.0. The Morgan fingerprint density at radius 3 is 2.46 bits per heavy atom. The molecule has 1 amide bonds. The molecule has 1 unspecified atom stereocenters. The predicted molar refractivity (Wildman–Crippen MR) is 105 cm³/mol. The van der Waals surface area contributed by atoms with Crippen molar-refractivity contribution in [1.29, 1.82) is 0 Å². The quantitative estimate of drug-likeness (QED) is 0.544. The summed E-state index contributed by atoms with van der Waals surface area (Å²) in [4.78, 5) is 12.5. The maximum atomic E-state index is 12.6. The fourth-order valence-electron chi connectivity index (χ4n) is 2.45. The summed E-state index contributed by atoms with van der Waals surface area (Å²) in [6.07, 6.45) is 0.401. The number of anilines is 1. The van der Waals surface area contributed by atoms with Gasteiger partial charge in [-0.05, 0) is 48.5 Å². The van der Waals surface area contributed by atoms with Gasteiger partial charge in [0.05, 0.1) is 29.0 Å². The topological polar surface area (TPSA) is 109 Å². The molecule has 1 aromatic heterocycles. The van der Waals surface area contributed by atoms with E-state index in [4.69, 9.17) is 16.0 Å². The second-order valence-electron chi connectivity index (χ2n) is 5.85. The molecule has 1 atom stereocenters. The van der Waals surface area contributed by atoms with Crippen molar-refractivity contribution >= 4 is 33.2 Å². The molecule has 0 saturated carbocycles. The largest absolute Gasteiger partial charge is 0.467 e. The van der Waals surface area contributed by atoms with Gasteiger partial charge in [-0.25, -0.2) is 8.42 Å². The number of aliphatic hydroxyl groups is 1. The minimum Gasteiger partial charge on any atom is -0.467 e. The lowest BCUT2D eigenvalue weighted by atomic mass is 10.1. The summed E-state index contributed by atoms with van der Waals surface area (Å²) >= 11 is 5.79. The second kappa shape index (κ2) is 8.47. The molecule has 0 bridgehead atoms. The van der Waals surface area contributed by atoms with Crippen LogP contribution >= 0.6 is 11.6 Å². The van der Waals surface area contributed by atoms with Crippen LogP contribution in [0.25, 0.3) is 0 Å². The molecule has 7 nitrogen and oxygen atoms in total. The molecule has 146 valence electrons. The van der Waals surface area contributed by atoms with Gasteiger partial charge < -0.3 is 14.8 Å². The first kappa shape index (κ1) is 19.9. The molecule has 9 heteroatoms. The first-order chi connectivity index (χ1) is 13.4. The maximum Gasteiger partial charge on any atom is 0.261 e. The van der Waals surface area contributed by atoms with Crippen LogP contribution < -0.4 is 10.0 Å². The van der Waals surface area contributed by atoms with E-state index in [2.05, 4.69) is 10.0 Å². The Morgan fingerprint density at radius 2 is 1.79 bits per heavy atom. The van der Waals surface area contributed by atoms with Gasteiger partial charge in [0.1, 0.15) is 11.9 Å². The van der Waals surface area contributed by atoms with E-state index in [1.165, 1.54) is 42.7 Å². The normalized spacial score (nSPS) is 12.4. The fourth-order valence-corrected chi connectivity index (χ4v) is 3.66. The Morgan fingerprint density at radius 1 is 1.07 bits per heavy atom. The molecular formula is C19H17ClN2O5S. The molecule has 0 spiro atoms. The number of nitrogens with one attached hydrogen (secondary N) is 2. The van der Waals surface area contributed by atoms with Crippen molar-refractivity contribution in [2.75, 3.05) is 11.3 Å². The Labute approximate surface area is 167 Å². The van der Waals surface area contributed by atoms with Gasteiger partial charge in [-0.1, -0.05) is 23.7 Å². The summed E-state index contributed by atoms with van der Waals surface area (Å²) in [5.41, 5.74) is 0.231. The Balaban J connectivity index is 1.75. The molecule has 28 heavy (non-hydrogen) atoms. The minimum atomic E-state index is -3.91. The third kappa shape index (κ3) is 4.72. The Bertz CT molecular complexity index is 1050. The number of hydrogen-bond donors (Lipinski definition) is 3. The number of carbonyl (C=O) groups is 1. The molecular weight excluding hydrogens is 404 g/mol. The zero-order chi connectivity index (χ0) is 20.1. The van der Waals surface area contributed by atoms with Crippen LogP contribution in [0.15, 0.2) is 76.2 Å². The van der Waals surface area contributed by atoms with Gasteiger partial charge in [-0.2, -0.15) is 0 Å². The van der Waals surface area contributed by atoms with Crippen LogP contribution in [0.4, 0.5) is 5.69 Å². The lowest BCUT2D eigenvalue weighted by Crippen LogP contribution is -2.29. The SMILES string of the molecule is O=C(NCC(O)c1ccco1)c1ccccc1NS(=O)(=O)c1ccc(Cl)cc1. The molecule has 2 aromatic carbocycles. The lowest BCUT2D eigenvalue weighted by Gasteiger charge is -2.14. The van der Waals surface area contributed by atoms with E-state index in [0.29, 0.717) is 10.8 Å². The van der Waals surface area contributed by atoms with Crippen molar-refractivity contribution in [2.24, 2.45) is 0 Å². The number of sulfonamides is 1. The average molecular weight is 421 g/mol. The number of para-hydroxylation sites is 1. The van der Waals surface area contributed by atoms with E-state index >= 15 is 0 Å². The van der Waals surface area contributed by atoms with E-state index in [0.717, 1.165) is 0 Å². The summed E-state index contributed by atoms with van der Waals surface area (Å²) in [5.74, 6) is -0.225. The number of carbonyl (C=O) groups excluding carboxylic acids is 1. The molecule has 0 saturated heterocycles. The van der Waals surface area contributed by atoms with Crippen molar-refractivity contribution in [1.82, 2.24) is 5.32 Å². The van der Waals surface area contributed by atoms with Gasteiger partial charge in [0.25, 0.3) is 15.9 Å². The third-order valence-electron chi connectivity index (χ3n) is 3.87. The van der Waals surface area contributed by atoms with Gasteiger partial charge in [0.15, 0.2) is 0 Å². The van der Waals surface area contributed by atoms with E-state index in [1.54, 1.807) is 24.3 Å². The smallest absolute Gasteiger partial charge is 0.261 e. The fraction of sp³-hybridized carbons (Fsp3) is 0.105. The number of aliphatic hydroxyl groups excluding tert-OH is 1. The summed E-state index contributed by atoms with van der Waals surface area (Å²) in [7, 11) is -3.91. The maximum absolute atomic E-state index is 12.6. The molecule has 0 aliphatic carbocycles. The van der Waals surface area contributed by atoms with Gasteiger partial charge in [-0.3, -0.25) is 9.52 Å². The Hall–Kier alpha value is -2.81. The number of halogens is 1. The van der Waals surface area contributed by atoms with Crippen LogP contribution in [0, 0.1) is 0 Å². The van der Waals surface area contributed by atoms with Gasteiger partial charge in [0, 0.05) is 5.02 Å². The predicted octanol–water partition coefficient (Wildman–Crippen LogP) is 3.20. The standard InChI is InChI=1S/C19H17ClN2O5S/c20-13-7-9-14(10-8-13)28(25,26)22-16-5-2-1-4-15(16)19(24)21-12-17(23)18-6-3-11-27-18/h1-11,17,22-23H,12H2,(H,21,24). The monoisotopic (exact) mass is 420 g/mol. The molecule has 0 fully saturated rings. The van der Waals surface area contributed by atoms with E-state index in [9.17, 15) is 18.3 Å². The highest BCUT2D eigenvalue weighted by atomic mass is 35.5. The van der Waals surface area contributed by atoms with Gasteiger partial charge >= 0.3 is 0 Å². The first-order valence-corrected chi connectivity index (χ1v) is 10.1. The van der Waals surface area contributed by atoms with Crippen LogP contribution in [0.1, 0.15) is 22.2 Å².